The number of hydrogen-bond acceptors (Lipinski definition) is 5. The largest absolute Gasteiger partial charge is 0.228 e. The van der Waals surface area contributed by atoms with Gasteiger partial charge in [-0.05, 0) is 29.3 Å². The maximum Gasteiger partial charge on any atom is 0.165 e. The second kappa shape index (κ2) is 13.4. The molecule has 0 spiro atoms. The lowest BCUT2D eigenvalue weighted by Gasteiger charge is -2.14. The molecule has 232 valence electrons. The van der Waals surface area contributed by atoms with E-state index in [0.717, 1.165) is 55.9 Å². The molecular formula is C43H28ClN5. The van der Waals surface area contributed by atoms with Gasteiger partial charge in [-0.25, -0.2) is 24.9 Å². The van der Waals surface area contributed by atoms with Crippen molar-refractivity contribution in [3.8, 4) is 79.2 Å². The molecule has 0 saturated heterocycles. The zero-order valence-corrected chi connectivity index (χ0v) is 27.0. The molecule has 0 aliphatic carbocycles. The summed E-state index contributed by atoms with van der Waals surface area (Å²) in [5, 5.41) is 0.536. The third-order valence-corrected chi connectivity index (χ3v) is 8.56. The Kier molecular flexibility index (Phi) is 8.24. The van der Waals surface area contributed by atoms with E-state index in [0.29, 0.717) is 28.3 Å². The van der Waals surface area contributed by atoms with Crippen molar-refractivity contribution in [2.24, 2.45) is 0 Å². The van der Waals surface area contributed by atoms with E-state index in [1.807, 2.05) is 133 Å². The van der Waals surface area contributed by atoms with Crippen LogP contribution in [-0.4, -0.2) is 24.9 Å². The third-order valence-electron chi connectivity index (χ3n) is 8.25. The van der Waals surface area contributed by atoms with Crippen LogP contribution in [0.5, 0.6) is 0 Å². The van der Waals surface area contributed by atoms with E-state index in [2.05, 4.69) is 36.4 Å². The fourth-order valence-corrected chi connectivity index (χ4v) is 6.07. The quantitative estimate of drug-likeness (QED) is 0.172. The van der Waals surface area contributed by atoms with Crippen molar-refractivity contribution in [2.75, 3.05) is 0 Å². The van der Waals surface area contributed by atoms with Crippen LogP contribution in [0.4, 0.5) is 0 Å². The van der Waals surface area contributed by atoms with Crippen molar-refractivity contribution in [3.63, 3.8) is 0 Å². The monoisotopic (exact) mass is 649 g/mol. The van der Waals surface area contributed by atoms with Gasteiger partial charge in [0.2, 0.25) is 0 Å². The summed E-state index contributed by atoms with van der Waals surface area (Å²) in [4.78, 5) is 24.6. The SMILES string of the molecule is Clc1cc(-c2ccccc2-c2cc(-c3ccccc3)nc(-c3ccccc3)n2)ccc1-c1nc(-c2ccccc2)nc(-c2ccccc2)n1. The lowest BCUT2D eigenvalue weighted by molar-refractivity contribution is 1.07. The molecule has 6 heteroatoms. The molecule has 49 heavy (non-hydrogen) atoms. The normalized spacial score (nSPS) is 11.0. The Morgan fingerprint density at radius 3 is 1.24 bits per heavy atom. The van der Waals surface area contributed by atoms with Gasteiger partial charge < -0.3 is 0 Å². The smallest absolute Gasteiger partial charge is 0.165 e. The molecule has 2 aromatic heterocycles. The lowest BCUT2D eigenvalue weighted by Crippen LogP contribution is -2.00. The zero-order chi connectivity index (χ0) is 33.0. The Balaban J connectivity index is 1.23. The van der Waals surface area contributed by atoms with Gasteiger partial charge in [0, 0.05) is 33.4 Å². The van der Waals surface area contributed by atoms with Crippen LogP contribution in [0.1, 0.15) is 0 Å². The Morgan fingerprint density at radius 1 is 0.286 bits per heavy atom. The molecule has 0 amide bonds. The molecular weight excluding hydrogens is 622 g/mol. The molecule has 0 saturated carbocycles. The van der Waals surface area contributed by atoms with Gasteiger partial charge in [0.05, 0.1) is 16.4 Å². The fourth-order valence-electron chi connectivity index (χ4n) is 5.81. The van der Waals surface area contributed by atoms with Gasteiger partial charge in [-0.1, -0.05) is 163 Å². The highest BCUT2D eigenvalue weighted by Crippen LogP contribution is 2.37. The van der Waals surface area contributed by atoms with Gasteiger partial charge in [0.15, 0.2) is 23.3 Å². The molecule has 5 nitrogen and oxygen atoms in total. The second-order valence-corrected chi connectivity index (χ2v) is 11.9. The summed E-state index contributed by atoms with van der Waals surface area (Å²) < 4.78 is 0. The van der Waals surface area contributed by atoms with E-state index in [1.165, 1.54) is 0 Å². The van der Waals surface area contributed by atoms with E-state index in [9.17, 15) is 0 Å². The standard InChI is InChI=1S/C43H28ClN5/c44-37-27-33(25-26-36(37)43-48-41(31-19-9-3-10-20-31)47-42(49-43)32-21-11-4-12-22-32)34-23-13-14-24-35(34)39-28-38(29-15-5-1-6-16-29)45-40(46-39)30-17-7-2-8-18-30/h1-28H. The van der Waals surface area contributed by atoms with Crippen LogP contribution in [0.15, 0.2) is 170 Å². The second-order valence-electron chi connectivity index (χ2n) is 11.5. The molecule has 0 atom stereocenters. The van der Waals surface area contributed by atoms with Gasteiger partial charge in [-0.3, -0.25) is 0 Å². The van der Waals surface area contributed by atoms with E-state index < -0.39 is 0 Å². The van der Waals surface area contributed by atoms with E-state index in [1.54, 1.807) is 0 Å². The summed E-state index contributed by atoms with van der Waals surface area (Å²) in [7, 11) is 0. The first-order valence-electron chi connectivity index (χ1n) is 16.0. The van der Waals surface area contributed by atoms with Gasteiger partial charge in [-0.2, -0.15) is 0 Å². The molecule has 0 radical (unpaired) electrons. The number of aromatic nitrogens is 5. The van der Waals surface area contributed by atoms with Crippen LogP contribution >= 0.6 is 11.6 Å². The number of rotatable bonds is 7. The van der Waals surface area contributed by atoms with Gasteiger partial charge in [0.25, 0.3) is 0 Å². The van der Waals surface area contributed by atoms with E-state index >= 15 is 0 Å². The van der Waals surface area contributed by atoms with Crippen molar-refractivity contribution in [1.82, 2.24) is 24.9 Å². The summed E-state index contributed by atoms with van der Waals surface area (Å²) in [5.74, 6) is 2.34. The highest BCUT2D eigenvalue weighted by molar-refractivity contribution is 6.33. The summed E-state index contributed by atoms with van der Waals surface area (Å²) >= 11 is 7.09. The van der Waals surface area contributed by atoms with Crippen molar-refractivity contribution >= 4 is 11.6 Å². The van der Waals surface area contributed by atoms with Crippen molar-refractivity contribution < 1.29 is 0 Å². The van der Waals surface area contributed by atoms with Crippen LogP contribution in [0, 0.1) is 0 Å². The first-order chi connectivity index (χ1) is 24.2. The van der Waals surface area contributed by atoms with Crippen LogP contribution in [0.2, 0.25) is 5.02 Å². The third kappa shape index (κ3) is 6.35. The molecule has 0 aliphatic heterocycles. The molecule has 2 heterocycles. The first kappa shape index (κ1) is 30.1. The molecule has 0 aliphatic rings. The van der Waals surface area contributed by atoms with Crippen LogP contribution in [0.3, 0.4) is 0 Å². The van der Waals surface area contributed by atoms with Gasteiger partial charge in [-0.15, -0.1) is 0 Å². The first-order valence-corrected chi connectivity index (χ1v) is 16.3. The average molecular weight is 650 g/mol. The molecule has 0 fully saturated rings. The molecule has 0 unspecified atom stereocenters. The zero-order valence-electron chi connectivity index (χ0n) is 26.3. The molecule has 0 bridgehead atoms. The predicted octanol–water partition coefficient (Wildman–Crippen LogP) is 11.0. The number of halogens is 1. The van der Waals surface area contributed by atoms with Gasteiger partial charge in [0.1, 0.15) is 0 Å². The predicted molar refractivity (Wildman–Crippen MR) is 198 cm³/mol. The minimum absolute atomic E-state index is 0.508. The van der Waals surface area contributed by atoms with Crippen LogP contribution in [0.25, 0.3) is 79.2 Å². The topological polar surface area (TPSA) is 64.5 Å². The molecule has 0 N–H and O–H groups in total. The molecule has 8 rings (SSSR count). The molecule has 8 aromatic rings. The summed E-state index contributed by atoms with van der Waals surface area (Å²) in [6.07, 6.45) is 0. The number of nitrogens with zero attached hydrogens (tertiary/aromatic N) is 5. The molecule has 6 aromatic carbocycles. The summed E-state index contributed by atoms with van der Waals surface area (Å²) in [6, 6.07) is 56.4. The maximum atomic E-state index is 7.09. The van der Waals surface area contributed by atoms with Crippen LogP contribution < -0.4 is 0 Å². The van der Waals surface area contributed by atoms with Crippen LogP contribution in [-0.2, 0) is 0 Å². The number of benzene rings is 6. The Bertz CT molecular complexity index is 2270. The maximum absolute atomic E-state index is 7.09. The highest BCUT2D eigenvalue weighted by Gasteiger charge is 2.17. The summed E-state index contributed by atoms with van der Waals surface area (Å²) in [6.45, 7) is 0. The van der Waals surface area contributed by atoms with E-state index in [-0.39, 0.29) is 0 Å². The Labute approximate surface area is 289 Å². The van der Waals surface area contributed by atoms with E-state index in [4.69, 9.17) is 36.5 Å². The lowest BCUT2D eigenvalue weighted by atomic mass is 9.95. The minimum atomic E-state index is 0.508. The van der Waals surface area contributed by atoms with Gasteiger partial charge >= 0.3 is 0 Å². The average Bonchev–Trinajstić information content (AvgIpc) is 3.19. The van der Waals surface area contributed by atoms with Crippen molar-refractivity contribution in [1.29, 1.82) is 0 Å². The Hall–Kier alpha value is -6.30. The Morgan fingerprint density at radius 2 is 0.714 bits per heavy atom. The van der Waals surface area contributed by atoms with Crippen molar-refractivity contribution in [3.05, 3.63) is 175 Å². The summed E-state index contributed by atoms with van der Waals surface area (Å²) in [5.41, 5.74) is 9.10. The highest BCUT2D eigenvalue weighted by atomic mass is 35.5. The minimum Gasteiger partial charge on any atom is -0.228 e. The van der Waals surface area contributed by atoms with Crippen molar-refractivity contribution in [2.45, 2.75) is 0 Å². The fraction of sp³-hybridized carbons (Fsp3) is 0. The number of hydrogen-bond donors (Lipinski definition) is 0.